The summed E-state index contributed by atoms with van der Waals surface area (Å²) in [6.45, 7) is 7.89. The first-order chi connectivity index (χ1) is 9.92. The Kier molecular flexibility index (Phi) is 4.74. The SMILES string of the molecule is COC(=O)c1nn(COCC[Si](C)(C)C)c2ncccc12. The van der Waals surface area contributed by atoms with Gasteiger partial charge in [0.05, 0.1) is 12.5 Å². The van der Waals surface area contributed by atoms with Crippen molar-refractivity contribution in [1.82, 2.24) is 14.8 Å². The fourth-order valence-electron chi connectivity index (χ4n) is 1.88. The van der Waals surface area contributed by atoms with Gasteiger partial charge in [-0.15, -0.1) is 0 Å². The molecule has 0 aliphatic heterocycles. The van der Waals surface area contributed by atoms with E-state index in [1.54, 1.807) is 23.0 Å². The molecule has 21 heavy (non-hydrogen) atoms. The second-order valence-corrected chi connectivity index (χ2v) is 11.7. The number of carbonyl (C=O) groups excluding carboxylic acids is 1. The number of nitrogens with zero attached hydrogens (tertiary/aromatic N) is 3. The van der Waals surface area contributed by atoms with Gasteiger partial charge in [0.1, 0.15) is 6.73 Å². The minimum absolute atomic E-state index is 0.273. The van der Waals surface area contributed by atoms with Crippen LogP contribution in [0.4, 0.5) is 0 Å². The molecule has 0 saturated carbocycles. The summed E-state index contributed by atoms with van der Waals surface area (Å²) in [6.07, 6.45) is 1.67. The summed E-state index contributed by atoms with van der Waals surface area (Å²) in [5, 5.41) is 4.94. The van der Waals surface area contributed by atoms with Gasteiger partial charge < -0.3 is 9.47 Å². The minimum atomic E-state index is -1.11. The molecule has 0 spiro atoms. The fraction of sp³-hybridized carbons (Fsp3) is 0.500. The average Bonchev–Trinajstić information content (AvgIpc) is 2.81. The van der Waals surface area contributed by atoms with Crippen LogP contribution in [0.2, 0.25) is 25.7 Å². The molecule has 2 aromatic rings. The van der Waals surface area contributed by atoms with Crippen molar-refractivity contribution in [2.45, 2.75) is 32.4 Å². The number of hydrogen-bond acceptors (Lipinski definition) is 5. The smallest absolute Gasteiger partial charge is 0.359 e. The average molecular weight is 307 g/mol. The predicted octanol–water partition coefficient (Wildman–Crippen LogP) is 2.53. The summed E-state index contributed by atoms with van der Waals surface area (Å²) in [6, 6.07) is 4.66. The first-order valence-corrected chi connectivity index (χ1v) is 10.6. The van der Waals surface area contributed by atoms with Crippen LogP contribution in [-0.4, -0.2) is 42.5 Å². The number of fused-ring (bicyclic) bond motifs is 1. The van der Waals surface area contributed by atoms with E-state index in [0.29, 0.717) is 17.6 Å². The largest absolute Gasteiger partial charge is 0.464 e. The molecule has 2 rings (SSSR count). The van der Waals surface area contributed by atoms with Crippen LogP contribution in [0.15, 0.2) is 18.3 Å². The quantitative estimate of drug-likeness (QED) is 0.466. The van der Waals surface area contributed by atoms with E-state index >= 15 is 0 Å². The highest BCUT2D eigenvalue weighted by molar-refractivity contribution is 6.76. The van der Waals surface area contributed by atoms with Crippen molar-refractivity contribution >= 4 is 25.1 Å². The number of hydrogen-bond donors (Lipinski definition) is 0. The lowest BCUT2D eigenvalue weighted by atomic mass is 10.3. The highest BCUT2D eigenvalue weighted by Crippen LogP contribution is 2.17. The molecule has 0 atom stereocenters. The van der Waals surface area contributed by atoms with Gasteiger partial charge in [0.25, 0.3) is 0 Å². The molecule has 0 saturated heterocycles. The molecule has 0 amide bonds. The summed E-state index contributed by atoms with van der Waals surface area (Å²) >= 11 is 0. The second kappa shape index (κ2) is 6.36. The van der Waals surface area contributed by atoms with Crippen molar-refractivity contribution in [3.63, 3.8) is 0 Å². The van der Waals surface area contributed by atoms with Crippen LogP contribution >= 0.6 is 0 Å². The van der Waals surface area contributed by atoms with Crippen LogP contribution in [0, 0.1) is 0 Å². The molecule has 0 aliphatic carbocycles. The van der Waals surface area contributed by atoms with Gasteiger partial charge in [0.2, 0.25) is 0 Å². The van der Waals surface area contributed by atoms with Crippen molar-refractivity contribution in [3.8, 4) is 0 Å². The Hall–Kier alpha value is -1.73. The van der Waals surface area contributed by atoms with E-state index in [0.717, 1.165) is 6.04 Å². The molecule has 0 fully saturated rings. The van der Waals surface area contributed by atoms with E-state index in [-0.39, 0.29) is 12.4 Å². The van der Waals surface area contributed by atoms with Crippen LogP contribution in [0.1, 0.15) is 10.5 Å². The van der Waals surface area contributed by atoms with Crippen LogP contribution in [0.5, 0.6) is 0 Å². The molecule has 7 heteroatoms. The number of esters is 1. The van der Waals surface area contributed by atoms with Crippen molar-refractivity contribution in [3.05, 3.63) is 24.0 Å². The van der Waals surface area contributed by atoms with E-state index in [1.165, 1.54) is 7.11 Å². The van der Waals surface area contributed by atoms with Gasteiger partial charge in [-0.1, -0.05) is 19.6 Å². The topological polar surface area (TPSA) is 66.2 Å². The Morgan fingerprint density at radius 2 is 2.14 bits per heavy atom. The highest BCUT2D eigenvalue weighted by Gasteiger charge is 2.18. The van der Waals surface area contributed by atoms with Crippen LogP contribution < -0.4 is 0 Å². The third-order valence-electron chi connectivity index (χ3n) is 3.10. The second-order valence-electron chi connectivity index (χ2n) is 6.06. The molecule has 2 aromatic heterocycles. The summed E-state index contributed by atoms with van der Waals surface area (Å²) in [5.74, 6) is -0.464. The van der Waals surface area contributed by atoms with E-state index in [2.05, 4.69) is 29.7 Å². The number of methoxy groups -OCH3 is 1. The number of carbonyl (C=O) groups is 1. The summed E-state index contributed by atoms with van der Waals surface area (Å²) in [5.41, 5.74) is 0.903. The van der Waals surface area contributed by atoms with Crippen LogP contribution in [-0.2, 0) is 16.2 Å². The molecule has 0 radical (unpaired) electrons. The van der Waals surface area contributed by atoms with Crippen molar-refractivity contribution in [2.24, 2.45) is 0 Å². The van der Waals surface area contributed by atoms with Gasteiger partial charge in [-0.05, 0) is 18.2 Å². The summed E-state index contributed by atoms with van der Waals surface area (Å²) in [4.78, 5) is 16.0. The van der Waals surface area contributed by atoms with Crippen molar-refractivity contribution in [2.75, 3.05) is 13.7 Å². The zero-order valence-electron chi connectivity index (χ0n) is 12.9. The molecule has 0 unspecified atom stereocenters. The standard InChI is InChI=1S/C14H21N3O3Si/c1-19-14(18)12-11-6-5-7-15-13(11)17(16-12)10-20-8-9-21(2,3)4/h5-7H,8-10H2,1-4H3. The Morgan fingerprint density at radius 1 is 1.38 bits per heavy atom. The van der Waals surface area contributed by atoms with E-state index < -0.39 is 14.0 Å². The lowest BCUT2D eigenvalue weighted by Gasteiger charge is -2.15. The molecule has 2 heterocycles. The van der Waals surface area contributed by atoms with Gasteiger partial charge in [0.15, 0.2) is 11.3 Å². The number of rotatable bonds is 6. The number of aromatic nitrogens is 3. The third-order valence-corrected chi connectivity index (χ3v) is 4.80. The fourth-order valence-corrected chi connectivity index (χ4v) is 2.63. The lowest BCUT2D eigenvalue weighted by molar-refractivity contribution is 0.0585. The maximum Gasteiger partial charge on any atom is 0.359 e. The third kappa shape index (κ3) is 3.89. The predicted molar refractivity (Wildman–Crippen MR) is 83.0 cm³/mol. The summed E-state index contributed by atoms with van der Waals surface area (Å²) < 4.78 is 12.0. The number of ether oxygens (including phenoxy) is 2. The molecular weight excluding hydrogens is 286 g/mol. The van der Waals surface area contributed by atoms with Gasteiger partial charge in [0, 0.05) is 20.9 Å². The van der Waals surface area contributed by atoms with Crippen molar-refractivity contribution < 1.29 is 14.3 Å². The lowest BCUT2D eigenvalue weighted by Crippen LogP contribution is -2.22. The zero-order valence-corrected chi connectivity index (χ0v) is 13.9. The maximum absolute atomic E-state index is 11.7. The molecule has 0 aromatic carbocycles. The van der Waals surface area contributed by atoms with Crippen LogP contribution in [0.3, 0.4) is 0 Å². The Balaban J connectivity index is 2.15. The van der Waals surface area contributed by atoms with Crippen molar-refractivity contribution in [1.29, 1.82) is 0 Å². The highest BCUT2D eigenvalue weighted by atomic mass is 28.3. The van der Waals surface area contributed by atoms with Crippen LogP contribution in [0.25, 0.3) is 11.0 Å². The van der Waals surface area contributed by atoms with Gasteiger partial charge in [-0.3, -0.25) is 0 Å². The first-order valence-electron chi connectivity index (χ1n) is 6.90. The van der Waals surface area contributed by atoms with Gasteiger partial charge in [-0.2, -0.15) is 5.10 Å². The summed E-state index contributed by atoms with van der Waals surface area (Å²) in [7, 11) is 0.229. The molecule has 6 nitrogen and oxygen atoms in total. The maximum atomic E-state index is 11.7. The minimum Gasteiger partial charge on any atom is -0.464 e. The van der Waals surface area contributed by atoms with E-state index in [4.69, 9.17) is 9.47 Å². The molecule has 0 N–H and O–H groups in total. The monoisotopic (exact) mass is 307 g/mol. The number of pyridine rings is 1. The van der Waals surface area contributed by atoms with Gasteiger partial charge >= 0.3 is 5.97 Å². The normalized spacial score (nSPS) is 11.8. The molecule has 0 aliphatic rings. The van der Waals surface area contributed by atoms with Gasteiger partial charge in [-0.25, -0.2) is 14.5 Å². The first kappa shape index (κ1) is 15.7. The zero-order chi connectivity index (χ0) is 15.5. The Morgan fingerprint density at radius 3 is 2.81 bits per heavy atom. The Labute approximate surface area is 125 Å². The van der Waals surface area contributed by atoms with E-state index in [1.807, 2.05) is 0 Å². The van der Waals surface area contributed by atoms with E-state index in [9.17, 15) is 4.79 Å². The molecule has 114 valence electrons. The molecular formula is C14H21N3O3Si. The molecule has 0 bridgehead atoms. The Bertz CT molecular complexity index is 634.